The number of aromatic nitrogens is 1. The Balaban J connectivity index is 1.70. The van der Waals surface area contributed by atoms with E-state index in [0.29, 0.717) is 29.7 Å². The molecule has 2 heterocycles. The highest BCUT2D eigenvalue weighted by molar-refractivity contribution is 5.74. The van der Waals surface area contributed by atoms with Gasteiger partial charge in [0.25, 0.3) is 0 Å². The molecule has 0 unspecified atom stereocenters. The summed E-state index contributed by atoms with van der Waals surface area (Å²) in [6, 6.07) is 4.80. The van der Waals surface area contributed by atoms with Crippen LogP contribution in [0.25, 0.3) is 0 Å². The normalized spacial score (nSPS) is 15.3. The Bertz CT molecular complexity index is 862. The first-order valence-electron chi connectivity index (χ1n) is 10.9. The van der Waals surface area contributed by atoms with Crippen molar-refractivity contribution in [3.8, 4) is 5.75 Å². The van der Waals surface area contributed by atoms with Gasteiger partial charge in [0.15, 0.2) is 17.5 Å². The number of benzene rings is 1. The van der Waals surface area contributed by atoms with Gasteiger partial charge in [0.05, 0.1) is 18.8 Å². The molecule has 0 radical (unpaired) electrons. The Kier molecular flexibility index (Phi) is 7.90. The van der Waals surface area contributed by atoms with Crippen LogP contribution in [0, 0.1) is 18.7 Å². The van der Waals surface area contributed by atoms with Crippen molar-refractivity contribution in [2.75, 3.05) is 26.7 Å². The van der Waals surface area contributed by atoms with Crippen molar-refractivity contribution < 1.29 is 18.3 Å². The molecule has 1 aliphatic rings. The molecule has 31 heavy (non-hydrogen) atoms. The minimum Gasteiger partial charge on any atom is -0.490 e. The Morgan fingerprint density at radius 1 is 1.35 bits per heavy atom. The third-order valence-corrected chi connectivity index (χ3v) is 5.29. The molecule has 0 atom stereocenters. The number of ether oxygens (including phenoxy) is 1. The molecule has 7 nitrogen and oxygen atoms in total. The number of rotatable bonds is 8. The van der Waals surface area contributed by atoms with Gasteiger partial charge in [0.1, 0.15) is 6.26 Å². The Hall–Kier alpha value is -2.61. The highest BCUT2D eigenvalue weighted by atomic mass is 19.1. The van der Waals surface area contributed by atoms with E-state index in [1.807, 2.05) is 13.8 Å². The van der Waals surface area contributed by atoms with Gasteiger partial charge < -0.3 is 24.3 Å². The average molecular weight is 433 g/mol. The summed E-state index contributed by atoms with van der Waals surface area (Å²) in [5, 5.41) is 3.13. The first kappa shape index (κ1) is 23.1. The number of piperidine rings is 1. The molecular formula is C23H33FN4O3. The van der Waals surface area contributed by atoms with Gasteiger partial charge in [0, 0.05) is 19.5 Å². The molecule has 1 saturated heterocycles. The van der Waals surface area contributed by atoms with E-state index < -0.39 is 5.82 Å². The van der Waals surface area contributed by atoms with Crippen molar-refractivity contribution in [2.24, 2.45) is 5.92 Å². The summed E-state index contributed by atoms with van der Waals surface area (Å²) in [6.45, 7) is 8.68. The number of hydrogen-bond donors (Lipinski definition) is 1. The summed E-state index contributed by atoms with van der Waals surface area (Å²) in [4.78, 5) is 21.3. The van der Waals surface area contributed by atoms with Crippen molar-refractivity contribution >= 4 is 6.03 Å². The number of amides is 2. The van der Waals surface area contributed by atoms with Gasteiger partial charge in [0.2, 0.25) is 0 Å². The molecule has 0 bridgehead atoms. The molecule has 170 valence electrons. The summed E-state index contributed by atoms with van der Waals surface area (Å²) in [5.41, 5.74) is 1.35. The standard InChI is InChI=1S/C23H33FN4O3/c1-16(2)14-31-22-6-5-18(11-21(22)24)12-28(13-20-15-30-17(3)25-20)23(29)26-19-7-9-27(4)10-8-19/h5-6,11,15-16,19H,7-10,12-14H2,1-4H3,(H,26,29). The summed E-state index contributed by atoms with van der Waals surface area (Å²) >= 11 is 0. The second-order valence-electron chi connectivity index (χ2n) is 8.71. The Labute approximate surface area is 183 Å². The van der Waals surface area contributed by atoms with Crippen LogP contribution in [0.5, 0.6) is 5.75 Å². The predicted octanol–water partition coefficient (Wildman–Crippen LogP) is 3.96. The van der Waals surface area contributed by atoms with Gasteiger partial charge in [-0.15, -0.1) is 0 Å². The monoisotopic (exact) mass is 432 g/mol. The first-order valence-corrected chi connectivity index (χ1v) is 10.9. The molecule has 1 aromatic heterocycles. The largest absolute Gasteiger partial charge is 0.490 e. The first-order chi connectivity index (χ1) is 14.8. The molecule has 8 heteroatoms. The molecule has 1 aromatic carbocycles. The molecule has 3 rings (SSSR count). The second-order valence-corrected chi connectivity index (χ2v) is 8.71. The summed E-state index contributed by atoms with van der Waals surface area (Å²) in [5.74, 6) is 0.658. The zero-order valence-corrected chi connectivity index (χ0v) is 18.9. The maximum Gasteiger partial charge on any atom is 0.318 e. The third-order valence-electron chi connectivity index (χ3n) is 5.29. The van der Waals surface area contributed by atoms with Gasteiger partial charge in [-0.3, -0.25) is 0 Å². The lowest BCUT2D eigenvalue weighted by atomic mass is 10.1. The number of urea groups is 1. The maximum atomic E-state index is 14.5. The summed E-state index contributed by atoms with van der Waals surface area (Å²) in [7, 11) is 2.08. The number of hydrogen-bond acceptors (Lipinski definition) is 5. The van der Waals surface area contributed by atoms with Crippen LogP contribution in [0.15, 0.2) is 28.9 Å². The highest BCUT2D eigenvalue weighted by Crippen LogP contribution is 2.21. The van der Waals surface area contributed by atoms with Crippen molar-refractivity contribution in [3.05, 3.63) is 47.4 Å². The third kappa shape index (κ3) is 6.95. The van der Waals surface area contributed by atoms with Crippen molar-refractivity contribution in [2.45, 2.75) is 52.7 Å². The molecule has 0 aliphatic carbocycles. The zero-order valence-electron chi connectivity index (χ0n) is 18.9. The van der Waals surface area contributed by atoms with Crippen LogP contribution in [-0.4, -0.2) is 53.6 Å². The van der Waals surface area contributed by atoms with Crippen LogP contribution < -0.4 is 10.1 Å². The number of halogens is 1. The van der Waals surface area contributed by atoms with Crippen LogP contribution in [0.2, 0.25) is 0 Å². The van der Waals surface area contributed by atoms with Gasteiger partial charge >= 0.3 is 6.03 Å². The fraction of sp³-hybridized carbons (Fsp3) is 0.565. The lowest BCUT2D eigenvalue weighted by Gasteiger charge is -2.31. The fourth-order valence-electron chi connectivity index (χ4n) is 3.53. The van der Waals surface area contributed by atoms with Gasteiger partial charge in [-0.05, 0) is 56.6 Å². The number of carbonyl (C=O) groups excluding carboxylic acids is 1. The molecule has 1 fully saturated rings. The number of oxazole rings is 1. The molecule has 2 amide bonds. The number of likely N-dealkylation sites (tertiary alicyclic amines) is 1. The summed E-state index contributed by atoms with van der Waals surface area (Å²) in [6.07, 6.45) is 3.37. The quantitative estimate of drug-likeness (QED) is 0.684. The van der Waals surface area contributed by atoms with Crippen LogP contribution in [0.1, 0.15) is 43.8 Å². The van der Waals surface area contributed by atoms with Crippen molar-refractivity contribution in [1.82, 2.24) is 20.1 Å². The summed E-state index contributed by atoms with van der Waals surface area (Å²) < 4.78 is 25.3. The smallest absolute Gasteiger partial charge is 0.318 e. The average Bonchev–Trinajstić information content (AvgIpc) is 3.13. The van der Waals surface area contributed by atoms with Gasteiger partial charge in [-0.25, -0.2) is 14.2 Å². The van der Waals surface area contributed by atoms with Crippen LogP contribution >= 0.6 is 0 Å². The van der Waals surface area contributed by atoms with Crippen LogP contribution in [0.3, 0.4) is 0 Å². The van der Waals surface area contributed by atoms with Crippen LogP contribution in [0.4, 0.5) is 9.18 Å². The Morgan fingerprint density at radius 3 is 2.71 bits per heavy atom. The highest BCUT2D eigenvalue weighted by Gasteiger charge is 2.23. The van der Waals surface area contributed by atoms with Gasteiger partial charge in [-0.2, -0.15) is 0 Å². The maximum absolute atomic E-state index is 14.5. The molecule has 1 aliphatic heterocycles. The second kappa shape index (κ2) is 10.6. The minimum atomic E-state index is -0.425. The SMILES string of the molecule is Cc1nc(CN(Cc2ccc(OCC(C)C)c(F)c2)C(=O)NC2CCN(C)CC2)co1. The van der Waals surface area contributed by atoms with E-state index in [9.17, 15) is 9.18 Å². The molecule has 2 aromatic rings. The van der Waals surface area contributed by atoms with E-state index in [2.05, 4.69) is 22.2 Å². The topological polar surface area (TPSA) is 70.8 Å². The minimum absolute atomic E-state index is 0.133. The zero-order chi connectivity index (χ0) is 22.4. The van der Waals surface area contributed by atoms with E-state index >= 15 is 0 Å². The molecule has 1 N–H and O–H groups in total. The number of nitrogens with one attached hydrogen (secondary N) is 1. The van der Waals surface area contributed by atoms with Gasteiger partial charge in [-0.1, -0.05) is 19.9 Å². The predicted molar refractivity (Wildman–Crippen MR) is 116 cm³/mol. The fourth-order valence-corrected chi connectivity index (χ4v) is 3.53. The van der Waals surface area contributed by atoms with E-state index in [4.69, 9.17) is 9.15 Å². The van der Waals surface area contributed by atoms with E-state index in [-0.39, 0.29) is 30.9 Å². The Morgan fingerprint density at radius 2 is 2.10 bits per heavy atom. The molecule has 0 saturated carbocycles. The van der Waals surface area contributed by atoms with Crippen molar-refractivity contribution in [1.29, 1.82) is 0 Å². The lowest BCUT2D eigenvalue weighted by Crippen LogP contribution is -2.48. The lowest BCUT2D eigenvalue weighted by molar-refractivity contribution is 0.175. The number of nitrogens with zero attached hydrogens (tertiary/aromatic N) is 3. The molecular weight excluding hydrogens is 399 g/mol. The van der Waals surface area contributed by atoms with E-state index in [1.54, 1.807) is 30.2 Å². The van der Waals surface area contributed by atoms with Crippen molar-refractivity contribution in [3.63, 3.8) is 0 Å². The molecule has 0 spiro atoms. The van der Waals surface area contributed by atoms with Crippen LogP contribution in [-0.2, 0) is 13.1 Å². The number of carbonyl (C=O) groups is 1. The number of aryl methyl sites for hydroxylation is 1. The van der Waals surface area contributed by atoms with E-state index in [0.717, 1.165) is 25.9 Å². The van der Waals surface area contributed by atoms with E-state index in [1.165, 1.54) is 6.07 Å².